The maximum Gasteiger partial charge on any atom is 0.259 e. The van der Waals surface area contributed by atoms with Crippen molar-refractivity contribution >= 4 is 10.9 Å². The quantitative estimate of drug-likeness (QED) is 0.591. The Hall–Kier alpha value is -3.40. The first-order chi connectivity index (χ1) is 12.8. The average molecular weight is 342 g/mol. The number of rotatable bonds is 5. The fourth-order valence-electron chi connectivity index (χ4n) is 2.93. The zero-order valence-electron chi connectivity index (χ0n) is 14.2. The molecule has 0 saturated carbocycles. The Balaban J connectivity index is 1.62. The van der Waals surface area contributed by atoms with Gasteiger partial charge >= 0.3 is 0 Å². The van der Waals surface area contributed by atoms with Crippen molar-refractivity contribution in [3.63, 3.8) is 0 Å². The summed E-state index contributed by atoms with van der Waals surface area (Å²) in [7, 11) is 0. The van der Waals surface area contributed by atoms with Gasteiger partial charge in [-0.15, -0.1) is 0 Å². The van der Waals surface area contributed by atoms with Gasteiger partial charge in [0.05, 0.1) is 23.1 Å². The molecular weight excluding hydrogens is 324 g/mol. The first-order valence-corrected chi connectivity index (χ1v) is 8.56. The minimum Gasteiger partial charge on any atom is -0.492 e. The normalized spacial score (nSPS) is 10.8. The van der Waals surface area contributed by atoms with Gasteiger partial charge in [-0.2, -0.15) is 0 Å². The van der Waals surface area contributed by atoms with Gasteiger partial charge < -0.3 is 9.72 Å². The van der Waals surface area contributed by atoms with E-state index in [9.17, 15) is 4.79 Å². The number of ether oxygens (including phenoxy) is 1. The number of aromatic amines is 1. The lowest BCUT2D eigenvalue weighted by atomic mass is 10.1. The Morgan fingerprint density at radius 1 is 0.846 bits per heavy atom. The standard InChI is InChI=1S/C22H18N2O2/c25-22-17-10-4-6-12-19(17)23-21(24-22)18-11-5-7-13-20(18)26-15-14-16-8-2-1-3-9-16/h1-13H,14-15H2,(H,23,24,25). The molecule has 4 aromatic rings. The molecule has 1 N–H and O–H groups in total. The van der Waals surface area contributed by atoms with Crippen LogP contribution in [0.3, 0.4) is 0 Å². The molecule has 0 unspecified atom stereocenters. The molecule has 0 aliphatic heterocycles. The highest BCUT2D eigenvalue weighted by Crippen LogP contribution is 2.27. The maximum absolute atomic E-state index is 12.3. The fraction of sp³-hybridized carbons (Fsp3) is 0.0909. The molecule has 128 valence electrons. The summed E-state index contributed by atoms with van der Waals surface area (Å²) in [5.41, 5.74) is 2.53. The molecule has 26 heavy (non-hydrogen) atoms. The molecule has 0 radical (unpaired) electrons. The van der Waals surface area contributed by atoms with Gasteiger partial charge in [0.2, 0.25) is 0 Å². The molecule has 4 heteroatoms. The molecule has 1 heterocycles. The molecule has 4 nitrogen and oxygen atoms in total. The van der Waals surface area contributed by atoms with E-state index in [0.29, 0.717) is 29.1 Å². The van der Waals surface area contributed by atoms with E-state index in [2.05, 4.69) is 22.1 Å². The molecule has 0 fully saturated rings. The number of fused-ring (bicyclic) bond motifs is 1. The van der Waals surface area contributed by atoms with Crippen LogP contribution in [-0.2, 0) is 6.42 Å². The zero-order valence-corrected chi connectivity index (χ0v) is 14.2. The Bertz CT molecular complexity index is 1090. The summed E-state index contributed by atoms with van der Waals surface area (Å²) in [6.45, 7) is 0.554. The van der Waals surface area contributed by atoms with Gasteiger partial charge in [-0.3, -0.25) is 4.79 Å². The summed E-state index contributed by atoms with van der Waals surface area (Å²) < 4.78 is 5.99. The van der Waals surface area contributed by atoms with E-state index < -0.39 is 0 Å². The van der Waals surface area contributed by atoms with Crippen molar-refractivity contribution in [2.75, 3.05) is 6.61 Å². The van der Waals surface area contributed by atoms with Crippen LogP contribution in [0.4, 0.5) is 0 Å². The monoisotopic (exact) mass is 342 g/mol. The van der Waals surface area contributed by atoms with Gasteiger partial charge in [-0.05, 0) is 29.8 Å². The Morgan fingerprint density at radius 3 is 2.46 bits per heavy atom. The first kappa shape index (κ1) is 16.1. The third kappa shape index (κ3) is 3.35. The largest absolute Gasteiger partial charge is 0.492 e. The van der Waals surface area contributed by atoms with Crippen molar-refractivity contribution in [3.05, 3.63) is 94.8 Å². The fourth-order valence-corrected chi connectivity index (χ4v) is 2.93. The highest BCUT2D eigenvalue weighted by atomic mass is 16.5. The highest BCUT2D eigenvalue weighted by molar-refractivity contribution is 5.80. The summed E-state index contributed by atoms with van der Waals surface area (Å²) >= 11 is 0. The zero-order chi connectivity index (χ0) is 17.8. The molecule has 0 bridgehead atoms. The van der Waals surface area contributed by atoms with Crippen molar-refractivity contribution < 1.29 is 4.74 Å². The first-order valence-electron chi connectivity index (χ1n) is 8.56. The maximum atomic E-state index is 12.3. The van der Waals surface area contributed by atoms with E-state index in [4.69, 9.17) is 4.74 Å². The van der Waals surface area contributed by atoms with E-state index in [1.165, 1.54) is 5.56 Å². The highest BCUT2D eigenvalue weighted by Gasteiger charge is 2.10. The summed E-state index contributed by atoms with van der Waals surface area (Å²) in [6, 6.07) is 25.2. The summed E-state index contributed by atoms with van der Waals surface area (Å²) in [5.74, 6) is 1.23. The average Bonchev–Trinajstić information content (AvgIpc) is 2.69. The molecule has 0 saturated heterocycles. The molecule has 3 aromatic carbocycles. The third-order valence-corrected chi connectivity index (χ3v) is 4.25. The second-order valence-electron chi connectivity index (χ2n) is 6.01. The van der Waals surface area contributed by atoms with E-state index in [0.717, 1.165) is 12.0 Å². The van der Waals surface area contributed by atoms with Crippen LogP contribution >= 0.6 is 0 Å². The predicted molar refractivity (Wildman–Crippen MR) is 103 cm³/mol. The lowest BCUT2D eigenvalue weighted by molar-refractivity contribution is 0.323. The van der Waals surface area contributed by atoms with Crippen LogP contribution in [0.2, 0.25) is 0 Å². The summed E-state index contributed by atoms with van der Waals surface area (Å²) in [4.78, 5) is 19.8. The topological polar surface area (TPSA) is 55.0 Å². The predicted octanol–water partition coefficient (Wildman–Crippen LogP) is 4.21. The number of H-pyrrole nitrogens is 1. The van der Waals surface area contributed by atoms with Crippen LogP contribution in [0.5, 0.6) is 5.75 Å². The number of benzene rings is 3. The lowest BCUT2D eigenvalue weighted by Crippen LogP contribution is -2.10. The van der Waals surface area contributed by atoms with E-state index in [1.807, 2.05) is 60.7 Å². The van der Waals surface area contributed by atoms with Crippen molar-refractivity contribution in [2.45, 2.75) is 6.42 Å². The number of hydrogen-bond acceptors (Lipinski definition) is 3. The second-order valence-corrected chi connectivity index (χ2v) is 6.01. The molecule has 0 spiro atoms. The van der Waals surface area contributed by atoms with Crippen LogP contribution in [-0.4, -0.2) is 16.6 Å². The van der Waals surface area contributed by atoms with Crippen LogP contribution in [0.25, 0.3) is 22.3 Å². The minimum absolute atomic E-state index is 0.148. The van der Waals surface area contributed by atoms with Gasteiger partial charge in [0.1, 0.15) is 11.6 Å². The smallest absolute Gasteiger partial charge is 0.259 e. The summed E-state index contributed by atoms with van der Waals surface area (Å²) in [6.07, 6.45) is 0.816. The number of hydrogen-bond donors (Lipinski definition) is 1. The van der Waals surface area contributed by atoms with Crippen molar-refractivity contribution in [3.8, 4) is 17.1 Å². The van der Waals surface area contributed by atoms with E-state index >= 15 is 0 Å². The van der Waals surface area contributed by atoms with E-state index in [1.54, 1.807) is 6.07 Å². The molecule has 0 aliphatic rings. The molecule has 4 rings (SSSR count). The molecule has 0 atom stereocenters. The van der Waals surface area contributed by atoms with Gasteiger partial charge in [0.25, 0.3) is 5.56 Å². The number of aromatic nitrogens is 2. The van der Waals surface area contributed by atoms with E-state index in [-0.39, 0.29) is 5.56 Å². The van der Waals surface area contributed by atoms with Crippen LogP contribution in [0.1, 0.15) is 5.56 Å². The lowest BCUT2D eigenvalue weighted by Gasteiger charge is -2.11. The Morgan fingerprint density at radius 2 is 1.58 bits per heavy atom. The number of para-hydroxylation sites is 2. The van der Waals surface area contributed by atoms with Crippen molar-refractivity contribution in [1.82, 2.24) is 9.97 Å². The van der Waals surface area contributed by atoms with Crippen LogP contribution < -0.4 is 10.3 Å². The van der Waals surface area contributed by atoms with Gasteiger partial charge in [-0.1, -0.05) is 54.6 Å². The Labute approximate surface area is 151 Å². The minimum atomic E-state index is -0.148. The van der Waals surface area contributed by atoms with Gasteiger partial charge in [-0.25, -0.2) is 4.98 Å². The second kappa shape index (κ2) is 7.23. The molecule has 1 aromatic heterocycles. The van der Waals surface area contributed by atoms with Gasteiger partial charge in [0, 0.05) is 6.42 Å². The molecule has 0 amide bonds. The Kier molecular flexibility index (Phi) is 4.48. The van der Waals surface area contributed by atoms with Gasteiger partial charge in [0.15, 0.2) is 0 Å². The molecule has 0 aliphatic carbocycles. The van der Waals surface area contributed by atoms with Crippen LogP contribution in [0.15, 0.2) is 83.7 Å². The molecular formula is C22H18N2O2. The van der Waals surface area contributed by atoms with Crippen LogP contribution in [0, 0.1) is 0 Å². The van der Waals surface area contributed by atoms with Crippen molar-refractivity contribution in [1.29, 1.82) is 0 Å². The number of nitrogens with one attached hydrogen (secondary N) is 1. The van der Waals surface area contributed by atoms with Crippen molar-refractivity contribution in [2.24, 2.45) is 0 Å². The third-order valence-electron chi connectivity index (χ3n) is 4.25. The SMILES string of the molecule is O=c1[nH]c(-c2ccccc2OCCc2ccccc2)nc2ccccc12. The summed E-state index contributed by atoms with van der Waals surface area (Å²) in [5, 5.41) is 0.582. The number of nitrogens with zero attached hydrogens (tertiary/aromatic N) is 1.